The summed E-state index contributed by atoms with van der Waals surface area (Å²) in [4.78, 5) is 26.5. The van der Waals surface area contributed by atoms with E-state index in [2.05, 4.69) is 0 Å². The number of ether oxygens (including phenoxy) is 2. The lowest BCUT2D eigenvalue weighted by molar-refractivity contribution is 0.0735. The number of carbonyl (C=O) groups is 1. The maximum atomic E-state index is 12.9. The fourth-order valence-corrected chi connectivity index (χ4v) is 3.26. The Bertz CT molecular complexity index is 844. The van der Waals surface area contributed by atoms with Gasteiger partial charge in [-0.2, -0.15) is 0 Å². The van der Waals surface area contributed by atoms with Crippen molar-refractivity contribution in [1.29, 1.82) is 0 Å². The third-order valence-electron chi connectivity index (χ3n) is 4.66. The molecule has 2 aromatic rings. The molecule has 6 heteroatoms. The molecule has 1 aromatic carbocycles. The highest BCUT2D eigenvalue weighted by molar-refractivity contribution is 5.94. The molecule has 0 spiro atoms. The normalized spacial score (nSPS) is 16.8. The molecule has 1 aromatic heterocycles. The van der Waals surface area contributed by atoms with Crippen LogP contribution < -0.4 is 15.0 Å². The zero-order valence-corrected chi connectivity index (χ0v) is 14.7. The number of hydrogen-bond donors (Lipinski definition) is 0. The van der Waals surface area contributed by atoms with Crippen LogP contribution in [0.15, 0.2) is 41.3 Å². The smallest absolute Gasteiger partial charge is 0.254 e. The topological polar surface area (TPSA) is 60.8 Å². The third-order valence-corrected chi connectivity index (χ3v) is 4.66. The van der Waals surface area contributed by atoms with E-state index in [1.165, 1.54) is 10.6 Å². The van der Waals surface area contributed by atoms with Gasteiger partial charge in [0.25, 0.3) is 11.5 Å². The molecule has 25 heavy (non-hydrogen) atoms. The maximum Gasteiger partial charge on any atom is 0.254 e. The molecule has 0 aliphatic carbocycles. The van der Waals surface area contributed by atoms with Gasteiger partial charge in [0.2, 0.25) is 0 Å². The minimum Gasteiger partial charge on any atom is -0.493 e. The number of aryl methyl sites for hydroxylation is 1. The van der Waals surface area contributed by atoms with Gasteiger partial charge in [-0.15, -0.1) is 0 Å². The number of likely N-dealkylation sites (tertiary alicyclic amines) is 1. The average molecular weight is 342 g/mol. The van der Waals surface area contributed by atoms with Crippen molar-refractivity contribution < 1.29 is 14.3 Å². The van der Waals surface area contributed by atoms with E-state index in [1.807, 2.05) is 23.1 Å². The van der Waals surface area contributed by atoms with Gasteiger partial charge in [-0.1, -0.05) is 6.07 Å². The molecule has 1 aliphatic heterocycles. The molecule has 1 saturated heterocycles. The van der Waals surface area contributed by atoms with Crippen molar-refractivity contribution in [3.05, 3.63) is 58.0 Å². The molecule has 1 fully saturated rings. The van der Waals surface area contributed by atoms with E-state index in [9.17, 15) is 9.59 Å². The predicted octanol–water partition coefficient (Wildman–Crippen LogP) is 2.38. The molecule has 3 rings (SSSR count). The first kappa shape index (κ1) is 17.1. The Hall–Kier alpha value is -2.76. The first-order chi connectivity index (χ1) is 12.0. The molecule has 2 heterocycles. The molecule has 0 radical (unpaired) electrons. The maximum absolute atomic E-state index is 12.9. The lowest BCUT2D eigenvalue weighted by Gasteiger charge is -2.26. The van der Waals surface area contributed by atoms with E-state index < -0.39 is 0 Å². The molecular formula is C19H22N2O4. The van der Waals surface area contributed by atoms with Gasteiger partial charge in [-0.05, 0) is 36.6 Å². The molecule has 6 nitrogen and oxygen atoms in total. The Morgan fingerprint density at radius 1 is 1.12 bits per heavy atom. The number of nitrogens with zero attached hydrogens (tertiary/aromatic N) is 2. The van der Waals surface area contributed by atoms with Gasteiger partial charge in [-0.25, -0.2) is 0 Å². The van der Waals surface area contributed by atoms with Gasteiger partial charge in [-0.3, -0.25) is 9.59 Å². The molecule has 0 unspecified atom stereocenters. The van der Waals surface area contributed by atoms with Crippen LogP contribution in [0.1, 0.15) is 34.8 Å². The predicted molar refractivity (Wildman–Crippen MR) is 94.2 cm³/mol. The number of aromatic nitrogens is 1. The Balaban J connectivity index is 1.91. The quantitative estimate of drug-likeness (QED) is 0.856. The number of amides is 1. The Morgan fingerprint density at radius 3 is 2.56 bits per heavy atom. The number of benzene rings is 1. The summed E-state index contributed by atoms with van der Waals surface area (Å²) in [6.45, 7) is 0.674. The zero-order valence-electron chi connectivity index (χ0n) is 14.7. The highest BCUT2D eigenvalue weighted by Crippen LogP contribution is 2.37. The van der Waals surface area contributed by atoms with E-state index in [4.69, 9.17) is 9.47 Å². The lowest BCUT2D eigenvalue weighted by atomic mass is 10.0. The summed E-state index contributed by atoms with van der Waals surface area (Å²) < 4.78 is 12.1. The standard InChI is InChI=1S/C19H22N2O4/c1-20-10-8-14(12-18(20)22)19(23)21-9-4-5-15(21)13-6-7-16(24-2)17(11-13)25-3/h6-8,10-12,15H,4-5,9H2,1-3H3/t15-/m1/s1. The van der Waals surface area contributed by atoms with E-state index in [0.717, 1.165) is 18.4 Å². The van der Waals surface area contributed by atoms with Crippen molar-refractivity contribution in [3.63, 3.8) is 0 Å². The van der Waals surface area contributed by atoms with Gasteiger partial charge in [0, 0.05) is 31.4 Å². The van der Waals surface area contributed by atoms with Crippen molar-refractivity contribution in [1.82, 2.24) is 9.47 Å². The Labute approximate surface area is 146 Å². The van der Waals surface area contributed by atoms with E-state index >= 15 is 0 Å². The second-order valence-electron chi connectivity index (χ2n) is 6.14. The largest absolute Gasteiger partial charge is 0.493 e. The summed E-state index contributed by atoms with van der Waals surface area (Å²) in [5, 5.41) is 0. The molecular weight excluding hydrogens is 320 g/mol. The molecule has 1 atom stereocenters. The highest BCUT2D eigenvalue weighted by atomic mass is 16.5. The minimum atomic E-state index is -0.187. The number of pyridine rings is 1. The van der Waals surface area contributed by atoms with Crippen LogP contribution in [0.2, 0.25) is 0 Å². The van der Waals surface area contributed by atoms with E-state index in [1.54, 1.807) is 33.5 Å². The van der Waals surface area contributed by atoms with Crippen LogP contribution >= 0.6 is 0 Å². The van der Waals surface area contributed by atoms with Crippen molar-refractivity contribution in [3.8, 4) is 11.5 Å². The van der Waals surface area contributed by atoms with Crippen LogP contribution in [-0.2, 0) is 7.05 Å². The van der Waals surface area contributed by atoms with E-state index in [0.29, 0.717) is 23.6 Å². The number of carbonyl (C=O) groups excluding carboxylic acids is 1. The number of hydrogen-bond acceptors (Lipinski definition) is 4. The molecule has 1 amide bonds. The van der Waals surface area contributed by atoms with Crippen LogP contribution in [0.3, 0.4) is 0 Å². The van der Waals surface area contributed by atoms with Crippen LogP contribution in [0.4, 0.5) is 0 Å². The van der Waals surface area contributed by atoms with Crippen molar-refractivity contribution in [2.24, 2.45) is 7.05 Å². The Morgan fingerprint density at radius 2 is 1.88 bits per heavy atom. The number of methoxy groups -OCH3 is 2. The number of rotatable bonds is 4. The van der Waals surface area contributed by atoms with Gasteiger partial charge >= 0.3 is 0 Å². The first-order valence-electron chi connectivity index (χ1n) is 8.24. The summed E-state index contributed by atoms with van der Waals surface area (Å²) in [6, 6.07) is 8.78. The lowest BCUT2D eigenvalue weighted by Crippen LogP contribution is -2.31. The van der Waals surface area contributed by atoms with Crippen LogP contribution in [0.5, 0.6) is 11.5 Å². The highest BCUT2D eigenvalue weighted by Gasteiger charge is 2.31. The second kappa shape index (κ2) is 7.01. The summed E-state index contributed by atoms with van der Waals surface area (Å²) in [5.74, 6) is 1.19. The van der Waals surface area contributed by atoms with E-state index in [-0.39, 0.29) is 17.5 Å². The molecule has 0 N–H and O–H groups in total. The van der Waals surface area contributed by atoms with Crippen LogP contribution in [0, 0.1) is 0 Å². The van der Waals surface area contributed by atoms with Gasteiger partial charge in [0.1, 0.15) is 0 Å². The first-order valence-corrected chi connectivity index (χ1v) is 8.24. The summed E-state index contributed by atoms with van der Waals surface area (Å²) in [5.41, 5.74) is 1.25. The SMILES string of the molecule is COc1ccc([C@H]2CCCN2C(=O)c2ccn(C)c(=O)c2)cc1OC. The molecule has 0 saturated carbocycles. The molecule has 132 valence electrons. The summed E-state index contributed by atoms with van der Waals surface area (Å²) in [6.07, 6.45) is 3.43. The van der Waals surface area contributed by atoms with Crippen molar-refractivity contribution in [2.45, 2.75) is 18.9 Å². The molecule has 0 bridgehead atoms. The minimum absolute atomic E-state index is 0.0311. The van der Waals surface area contributed by atoms with Gasteiger partial charge < -0.3 is 18.9 Å². The van der Waals surface area contributed by atoms with Gasteiger partial charge in [0.05, 0.1) is 20.3 Å². The van der Waals surface area contributed by atoms with Gasteiger partial charge in [0.15, 0.2) is 11.5 Å². The molecule has 1 aliphatic rings. The fraction of sp³-hybridized carbons (Fsp3) is 0.368. The summed E-state index contributed by atoms with van der Waals surface area (Å²) >= 11 is 0. The second-order valence-corrected chi connectivity index (χ2v) is 6.14. The third kappa shape index (κ3) is 3.24. The average Bonchev–Trinajstić information content (AvgIpc) is 3.12. The van der Waals surface area contributed by atoms with Crippen LogP contribution in [0.25, 0.3) is 0 Å². The van der Waals surface area contributed by atoms with Crippen molar-refractivity contribution >= 4 is 5.91 Å². The fourth-order valence-electron chi connectivity index (χ4n) is 3.26. The monoisotopic (exact) mass is 342 g/mol. The Kier molecular flexibility index (Phi) is 4.79. The zero-order chi connectivity index (χ0) is 18.0. The van der Waals surface area contributed by atoms with Crippen LogP contribution in [-0.4, -0.2) is 36.1 Å². The summed E-state index contributed by atoms with van der Waals surface area (Å²) in [7, 11) is 4.86. The van der Waals surface area contributed by atoms with Crippen molar-refractivity contribution in [2.75, 3.05) is 20.8 Å².